The third-order valence-electron chi connectivity index (χ3n) is 1.69. The number of carbonyl (C=O) groups excluding carboxylic acids is 1. The van der Waals surface area contributed by atoms with Crippen molar-refractivity contribution in [2.75, 3.05) is 13.7 Å². The minimum Gasteiger partial charge on any atom is -0.490 e. The topological polar surface area (TPSA) is 44.8 Å². The van der Waals surface area contributed by atoms with E-state index in [2.05, 4.69) is 4.74 Å². The van der Waals surface area contributed by atoms with Gasteiger partial charge in [-0.05, 0) is 19.1 Å². The van der Waals surface area contributed by atoms with Crippen LogP contribution in [0.15, 0.2) is 30.3 Å². The van der Waals surface area contributed by atoms with Crippen LogP contribution in [0.2, 0.25) is 0 Å². The van der Waals surface area contributed by atoms with Crippen LogP contribution in [-0.2, 0) is 9.47 Å². The highest BCUT2D eigenvalue weighted by molar-refractivity contribution is 5.59. The van der Waals surface area contributed by atoms with Crippen molar-refractivity contribution >= 4 is 6.16 Å². The highest BCUT2D eigenvalue weighted by Gasteiger charge is 2.09. The number of benzene rings is 1. The van der Waals surface area contributed by atoms with Gasteiger partial charge in [0.05, 0.1) is 7.11 Å². The average molecular weight is 210 g/mol. The molecule has 0 saturated heterocycles. The molecular formula is C11H14O4. The highest BCUT2D eigenvalue weighted by Crippen LogP contribution is 2.09. The Morgan fingerprint density at radius 2 is 2.00 bits per heavy atom. The van der Waals surface area contributed by atoms with Crippen LogP contribution in [-0.4, -0.2) is 26.0 Å². The monoisotopic (exact) mass is 210 g/mol. The van der Waals surface area contributed by atoms with Gasteiger partial charge in [-0.3, -0.25) is 0 Å². The molecule has 0 aliphatic carbocycles. The van der Waals surface area contributed by atoms with Gasteiger partial charge >= 0.3 is 6.16 Å². The fourth-order valence-corrected chi connectivity index (χ4v) is 0.977. The lowest BCUT2D eigenvalue weighted by Gasteiger charge is -2.13. The number of hydrogen-bond donors (Lipinski definition) is 0. The van der Waals surface area contributed by atoms with Crippen LogP contribution in [0.1, 0.15) is 6.92 Å². The van der Waals surface area contributed by atoms with Crippen molar-refractivity contribution in [1.29, 1.82) is 0 Å². The smallest absolute Gasteiger partial charge is 0.490 e. The van der Waals surface area contributed by atoms with Gasteiger partial charge in [0.1, 0.15) is 18.5 Å². The minimum atomic E-state index is -0.695. The molecular weight excluding hydrogens is 196 g/mol. The van der Waals surface area contributed by atoms with Gasteiger partial charge in [-0.25, -0.2) is 4.79 Å². The molecule has 1 atom stereocenters. The van der Waals surface area contributed by atoms with E-state index < -0.39 is 6.16 Å². The van der Waals surface area contributed by atoms with Gasteiger partial charge in [0.25, 0.3) is 0 Å². The van der Waals surface area contributed by atoms with Crippen molar-refractivity contribution in [2.45, 2.75) is 13.0 Å². The maximum Gasteiger partial charge on any atom is 0.508 e. The summed E-state index contributed by atoms with van der Waals surface area (Å²) in [5.41, 5.74) is 0. The molecule has 0 N–H and O–H groups in total. The van der Waals surface area contributed by atoms with Crippen molar-refractivity contribution in [3.8, 4) is 5.75 Å². The van der Waals surface area contributed by atoms with E-state index in [0.29, 0.717) is 6.61 Å². The predicted molar refractivity (Wildman–Crippen MR) is 54.9 cm³/mol. The van der Waals surface area contributed by atoms with Crippen molar-refractivity contribution in [3.63, 3.8) is 0 Å². The van der Waals surface area contributed by atoms with Gasteiger partial charge in [0, 0.05) is 0 Å². The van der Waals surface area contributed by atoms with Crippen molar-refractivity contribution in [1.82, 2.24) is 0 Å². The van der Waals surface area contributed by atoms with Crippen molar-refractivity contribution < 1.29 is 19.0 Å². The lowest BCUT2D eigenvalue weighted by Crippen LogP contribution is -2.21. The normalized spacial score (nSPS) is 11.6. The zero-order valence-corrected chi connectivity index (χ0v) is 8.80. The summed E-state index contributed by atoms with van der Waals surface area (Å²) in [4.78, 5) is 10.7. The number of ether oxygens (including phenoxy) is 3. The summed E-state index contributed by atoms with van der Waals surface area (Å²) >= 11 is 0. The highest BCUT2D eigenvalue weighted by atomic mass is 16.7. The van der Waals surface area contributed by atoms with Gasteiger partial charge < -0.3 is 14.2 Å². The molecule has 0 bridgehead atoms. The van der Waals surface area contributed by atoms with E-state index in [9.17, 15) is 4.79 Å². The lowest BCUT2D eigenvalue weighted by atomic mass is 10.3. The van der Waals surface area contributed by atoms with E-state index in [1.807, 2.05) is 30.3 Å². The van der Waals surface area contributed by atoms with Crippen LogP contribution in [0.25, 0.3) is 0 Å². The quantitative estimate of drug-likeness (QED) is 0.715. The summed E-state index contributed by atoms with van der Waals surface area (Å²) in [5.74, 6) is 0.748. The Morgan fingerprint density at radius 1 is 1.33 bits per heavy atom. The van der Waals surface area contributed by atoms with Crippen LogP contribution in [0.5, 0.6) is 5.75 Å². The summed E-state index contributed by atoms with van der Waals surface area (Å²) in [5, 5.41) is 0. The first-order valence-electron chi connectivity index (χ1n) is 4.65. The molecule has 4 nitrogen and oxygen atoms in total. The van der Waals surface area contributed by atoms with Gasteiger partial charge in [-0.15, -0.1) is 0 Å². The molecule has 0 saturated carbocycles. The van der Waals surface area contributed by atoms with Gasteiger partial charge in [0.2, 0.25) is 0 Å². The second-order valence-corrected chi connectivity index (χ2v) is 3.01. The predicted octanol–water partition coefficient (Wildman–Crippen LogP) is 2.24. The molecule has 1 unspecified atom stereocenters. The van der Waals surface area contributed by atoms with E-state index in [1.165, 1.54) is 7.11 Å². The van der Waals surface area contributed by atoms with Gasteiger partial charge in [0.15, 0.2) is 0 Å². The Hall–Kier alpha value is -1.71. The maximum atomic E-state index is 10.7. The van der Waals surface area contributed by atoms with E-state index in [0.717, 1.165) is 5.75 Å². The van der Waals surface area contributed by atoms with E-state index in [4.69, 9.17) is 9.47 Å². The van der Waals surface area contributed by atoms with Crippen LogP contribution >= 0.6 is 0 Å². The van der Waals surface area contributed by atoms with Crippen LogP contribution in [0.4, 0.5) is 4.79 Å². The zero-order valence-electron chi connectivity index (χ0n) is 8.80. The largest absolute Gasteiger partial charge is 0.508 e. The molecule has 0 radical (unpaired) electrons. The molecule has 0 heterocycles. The van der Waals surface area contributed by atoms with E-state index in [-0.39, 0.29) is 6.10 Å². The molecule has 1 aromatic rings. The molecule has 1 rings (SSSR count). The van der Waals surface area contributed by atoms with Gasteiger partial charge in [-0.2, -0.15) is 0 Å². The Labute approximate surface area is 88.8 Å². The first-order valence-corrected chi connectivity index (χ1v) is 4.65. The molecule has 4 heteroatoms. The third kappa shape index (κ3) is 4.35. The molecule has 15 heavy (non-hydrogen) atoms. The Morgan fingerprint density at radius 3 is 2.60 bits per heavy atom. The Kier molecular flexibility index (Phi) is 4.47. The van der Waals surface area contributed by atoms with Crippen LogP contribution < -0.4 is 4.74 Å². The van der Waals surface area contributed by atoms with Crippen LogP contribution in [0.3, 0.4) is 0 Å². The number of para-hydroxylation sites is 1. The number of methoxy groups -OCH3 is 1. The molecule has 0 aliphatic rings. The minimum absolute atomic E-state index is 0.305. The lowest BCUT2D eigenvalue weighted by molar-refractivity contribution is 0.0256. The summed E-state index contributed by atoms with van der Waals surface area (Å²) in [7, 11) is 1.27. The summed E-state index contributed by atoms with van der Waals surface area (Å²) in [6.07, 6.45) is -1.03. The fourth-order valence-electron chi connectivity index (χ4n) is 0.977. The van der Waals surface area contributed by atoms with Crippen LogP contribution in [0, 0.1) is 0 Å². The zero-order chi connectivity index (χ0) is 11.1. The molecule has 0 spiro atoms. The third-order valence-corrected chi connectivity index (χ3v) is 1.69. The van der Waals surface area contributed by atoms with Gasteiger partial charge in [-0.1, -0.05) is 18.2 Å². The fraction of sp³-hybridized carbons (Fsp3) is 0.364. The molecule has 0 aromatic heterocycles. The second-order valence-electron chi connectivity index (χ2n) is 3.01. The number of carbonyl (C=O) groups is 1. The first kappa shape index (κ1) is 11.4. The molecule has 0 fully saturated rings. The van der Waals surface area contributed by atoms with E-state index >= 15 is 0 Å². The average Bonchev–Trinajstić information content (AvgIpc) is 2.27. The summed E-state index contributed by atoms with van der Waals surface area (Å²) < 4.78 is 14.6. The molecule has 0 amide bonds. The standard InChI is InChI=1S/C11H14O4/c1-9(15-11(12)13-2)8-14-10-6-4-3-5-7-10/h3-7,9H,8H2,1-2H3. The summed E-state index contributed by atoms with van der Waals surface area (Å²) in [6.45, 7) is 2.04. The summed E-state index contributed by atoms with van der Waals surface area (Å²) in [6, 6.07) is 9.33. The second kappa shape index (κ2) is 5.90. The number of hydrogen-bond acceptors (Lipinski definition) is 4. The Balaban J connectivity index is 2.28. The SMILES string of the molecule is COC(=O)OC(C)COc1ccccc1. The molecule has 82 valence electrons. The molecule has 1 aromatic carbocycles. The first-order chi connectivity index (χ1) is 7.22. The van der Waals surface area contributed by atoms with Crippen molar-refractivity contribution in [3.05, 3.63) is 30.3 Å². The maximum absolute atomic E-state index is 10.7. The van der Waals surface area contributed by atoms with E-state index in [1.54, 1.807) is 6.92 Å². The number of rotatable bonds is 4. The molecule has 0 aliphatic heterocycles. The van der Waals surface area contributed by atoms with Crippen molar-refractivity contribution in [2.24, 2.45) is 0 Å². The Bertz CT molecular complexity index is 297.